The normalized spacial score (nSPS) is 20.3. The minimum Gasteiger partial charge on any atom is -0.497 e. The van der Waals surface area contributed by atoms with Crippen molar-refractivity contribution in [2.45, 2.75) is 19.3 Å². The highest BCUT2D eigenvalue weighted by atomic mass is 33.1. The molecule has 2 heterocycles. The number of hydrogen-bond acceptors (Lipinski definition) is 6. The predicted octanol–water partition coefficient (Wildman–Crippen LogP) is 7.03. The van der Waals surface area contributed by atoms with Gasteiger partial charge in [0.15, 0.2) is 0 Å². The van der Waals surface area contributed by atoms with Crippen LogP contribution in [0.1, 0.15) is 28.8 Å². The molecule has 0 saturated heterocycles. The number of hydrogen-bond donors (Lipinski definition) is 0. The van der Waals surface area contributed by atoms with Gasteiger partial charge in [-0.2, -0.15) is 0 Å². The van der Waals surface area contributed by atoms with Crippen LogP contribution in [0.15, 0.2) is 35.2 Å². The van der Waals surface area contributed by atoms with Crippen LogP contribution >= 0.6 is 54.5 Å². The monoisotopic (exact) mass is 394 g/mol. The summed E-state index contributed by atoms with van der Waals surface area (Å²) in [7, 11) is 9.05. The lowest BCUT2D eigenvalue weighted by atomic mass is 9.94. The van der Waals surface area contributed by atoms with E-state index in [2.05, 4.69) is 18.2 Å². The molecule has 4 rings (SSSR count). The maximum atomic E-state index is 5.49. The van der Waals surface area contributed by atoms with Crippen LogP contribution in [0.5, 0.6) is 5.75 Å². The van der Waals surface area contributed by atoms with Gasteiger partial charge in [0.05, 0.1) is 7.11 Å². The van der Waals surface area contributed by atoms with E-state index in [9.17, 15) is 0 Å². The Morgan fingerprint density at radius 2 is 1.87 bits per heavy atom. The van der Waals surface area contributed by atoms with Crippen LogP contribution in [0.2, 0.25) is 0 Å². The quantitative estimate of drug-likeness (QED) is 0.399. The van der Waals surface area contributed by atoms with Crippen LogP contribution in [0, 0.1) is 3.82 Å². The van der Waals surface area contributed by atoms with E-state index in [0.717, 1.165) is 16.0 Å². The number of methoxy groups -OCH3 is 1. The van der Waals surface area contributed by atoms with Crippen molar-refractivity contribution in [3.8, 4) is 5.75 Å². The lowest BCUT2D eigenvalue weighted by Crippen LogP contribution is -1.99. The summed E-state index contributed by atoms with van der Waals surface area (Å²) < 4.78 is 6.34. The molecule has 1 aromatic carbocycles. The highest BCUT2D eigenvalue weighted by molar-refractivity contribution is 8.82. The zero-order valence-corrected chi connectivity index (χ0v) is 16.5. The molecular weight excluding hydrogens is 381 g/mol. The van der Waals surface area contributed by atoms with Gasteiger partial charge in [-0.25, -0.2) is 0 Å². The fraction of sp³-hybridized carbons (Fsp3) is 0.235. The number of rotatable bonds is 2. The molecule has 118 valence electrons. The van der Waals surface area contributed by atoms with Gasteiger partial charge in [0.1, 0.15) is 9.57 Å². The molecule has 0 atom stereocenters. The standard InChI is InChI=1S/C17H14OS5/c1-18-11-7-5-10(6-8-11)14-9-15(21-20-14)12-3-2-4-13-16(12)22-23-17(13)19/h5-9H,2-4H2,1H3/b15-12-. The topological polar surface area (TPSA) is 9.23 Å². The Labute approximate surface area is 156 Å². The van der Waals surface area contributed by atoms with Crippen molar-refractivity contribution >= 4 is 65.0 Å². The highest BCUT2D eigenvalue weighted by Gasteiger charge is 2.24. The molecule has 6 heteroatoms. The molecule has 0 spiro atoms. The van der Waals surface area contributed by atoms with E-state index in [0.29, 0.717) is 0 Å². The predicted molar refractivity (Wildman–Crippen MR) is 109 cm³/mol. The van der Waals surface area contributed by atoms with Gasteiger partial charge >= 0.3 is 0 Å². The van der Waals surface area contributed by atoms with E-state index in [1.165, 1.54) is 44.2 Å². The molecular formula is C17H14OS5. The molecule has 2 aromatic rings. The van der Waals surface area contributed by atoms with Gasteiger partial charge in [-0.05, 0) is 54.2 Å². The van der Waals surface area contributed by atoms with E-state index in [4.69, 9.17) is 17.0 Å². The van der Waals surface area contributed by atoms with Gasteiger partial charge < -0.3 is 4.74 Å². The molecule has 1 aliphatic heterocycles. The molecule has 0 N–H and O–H groups in total. The van der Waals surface area contributed by atoms with E-state index >= 15 is 0 Å². The molecule has 0 saturated carbocycles. The molecule has 0 fully saturated rings. The van der Waals surface area contributed by atoms with Gasteiger partial charge in [0.25, 0.3) is 0 Å². The minimum absolute atomic E-state index is 0.901. The molecule has 0 amide bonds. The Balaban J connectivity index is 1.71. The van der Waals surface area contributed by atoms with Crippen molar-refractivity contribution in [3.63, 3.8) is 0 Å². The SMILES string of the molecule is COc1ccc(C2=C/C(=C3\CCCc4c3ssc4=S)SS2)cc1. The Hall–Kier alpha value is -0.530. The molecule has 0 unspecified atom stereocenters. The maximum Gasteiger partial charge on any atom is 0.118 e. The van der Waals surface area contributed by atoms with Crippen LogP contribution in [-0.4, -0.2) is 7.11 Å². The van der Waals surface area contributed by atoms with Crippen LogP contribution in [0.3, 0.4) is 0 Å². The molecule has 0 bridgehead atoms. The van der Waals surface area contributed by atoms with Crippen LogP contribution in [0.4, 0.5) is 0 Å². The zero-order valence-electron chi connectivity index (χ0n) is 12.5. The third kappa shape index (κ3) is 3.07. The van der Waals surface area contributed by atoms with Crippen LogP contribution in [0.25, 0.3) is 10.5 Å². The third-order valence-electron chi connectivity index (χ3n) is 4.00. The summed E-state index contributed by atoms with van der Waals surface area (Å²) in [5.74, 6) is 0.901. The maximum absolute atomic E-state index is 5.49. The van der Waals surface area contributed by atoms with E-state index < -0.39 is 0 Å². The van der Waals surface area contributed by atoms with Crippen molar-refractivity contribution in [2.75, 3.05) is 7.11 Å². The van der Waals surface area contributed by atoms with E-state index in [1.54, 1.807) is 17.5 Å². The molecule has 2 aliphatic rings. The van der Waals surface area contributed by atoms with Gasteiger partial charge in [-0.15, -0.1) is 0 Å². The third-order valence-corrected chi connectivity index (χ3v) is 9.70. The number of benzene rings is 1. The van der Waals surface area contributed by atoms with Crippen molar-refractivity contribution in [3.05, 3.63) is 55.1 Å². The smallest absolute Gasteiger partial charge is 0.118 e. The first-order chi connectivity index (χ1) is 11.3. The molecule has 1 aromatic heterocycles. The van der Waals surface area contributed by atoms with Crippen molar-refractivity contribution < 1.29 is 4.74 Å². The molecule has 23 heavy (non-hydrogen) atoms. The first kappa shape index (κ1) is 16.0. The summed E-state index contributed by atoms with van der Waals surface area (Å²) in [6, 6.07) is 8.31. The van der Waals surface area contributed by atoms with Gasteiger partial charge in [-0.3, -0.25) is 0 Å². The van der Waals surface area contributed by atoms with Gasteiger partial charge in [0, 0.05) is 14.7 Å². The minimum atomic E-state index is 0.901. The number of allylic oxidation sites excluding steroid dienone is 2. The van der Waals surface area contributed by atoms with E-state index in [1.807, 2.05) is 44.1 Å². The summed E-state index contributed by atoms with van der Waals surface area (Å²) in [5, 5.41) is 0. The second kappa shape index (κ2) is 6.76. The fourth-order valence-corrected chi connectivity index (χ4v) is 8.50. The summed E-state index contributed by atoms with van der Waals surface area (Å²) in [5.41, 5.74) is 4.18. The Morgan fingerprint density at radius 3 is 2.65 bits per heavy atom. The largest absolute Gasteiger partial charge is 0.497 e. The van der Waals surface area contributed by atoms with Crippen molar-refractivity contribution in [1.29, 1.82) is 0 Å². The highest BCUT2D eigenvalue weighted by Crippen LogP contribution is 2.54. The molecule has 1 aliphatic carbocycles. The van der Waals surface area contributed by atoms with Crippen molar-refractivity contribution in [1.82, 2.24) is 0 Å². The average Bonchev–Trinajstić information content (AvgIpc) is 3.22. The second-order valence-corrected chi connectivity index (χ2v) is 10.4. The second-order valence-electron chi connectivity index (χ2n) is 5.36. The number of ether oxygens (including phenoxy) is 1. The molecule has 0 radical (unpaired) electrons. The zero-order chi connectivity index (χ0) is 15.8. The lowest BCUT2D eigenvalue weighted by molar-refractivity contribution is 0.415. The van der Waals surface area contributed by atoms with E-state index in [-0.39, 0.29) is 0 Å². The fourth-order valence-electron chi connectivity index (χ4n) is 2.79. The van der Waals surface area contributed by atoms with Crippen LogP contribution in [-0.2, 0) is 6.42 Å². The molecule has 1 nitrogen and oxygen atoms in total. The summed E-state index contributed by atoms with van der Waals surface area (Å²) in [4.78, 5) is 4.18. The Kier molecular flexibility index (Phi) is 4.70. The van der Waals surface area contributed by atoms with Crippen molar-refractivity contribution in [2.24, 2.45) is 0 Å². The summed E-state index contributed by atoms with van der Waals surface area (Å²) in [6.07, 6.45) is 5.88. The number of fused-ring (bicyclic) bond motifs is 1. The lowest BCUT2D eigenvalue weighted by Gasteiger charge is -2.15. The summed E-state index contributed by atoms with van der Waals surface area (Å²) in [6.45, 7) is 0. The first-order valence-corrected chi connectivity index (χ1v) is 12.0. The van der Waals surface area contributed by atoms with Crippen LogP contribution < -0.4 is 4.74 Å². The Bertz CT molecular complexity index is 854. The van der Waals surface area contributed by atoms with Gasteiger partial charge in [0.2, 0.25) is 0 Å². The first-order valence-electron chi connectivity index (χ1n) is 7.32. The van der Waals surface area contributed by atoms with Gasteiger partial charge in [-0.1, -0.05) is 66.6 Å². The Morgan fingerprint density at radius 1 is 1.04 bits per heavy atom. The summed E-state index contributed by atoms with van der Waals surface area (Å²) >= 11 is 5.49. The average molecular weight is 395 g/mol.